The van der Waals surface area contributed by atoms with Crippen LogP contribution in [-0.2, 0) is 26.2 Å². The second kappa shape index (κ2) is 21.5. The maximum Gasteiger partial charge on any atom is 0.251 e. The summed E-state index contributed by atoms with van der Waals surface area (Å²) < 4.78 is 53.0. The van der Waals surface area contributed by atoms with Gasteiger partial charge in [-0.15, -0.1) is 0 Å². The van der Waals surface area contributed by atoms with Gasteiger partial charge in [-0.25, -0.2) is 8.78 Å². The van der Waals surface area contributed by atoms with E-state index in [9.17, 15) is 18.4 Å². The zero-order chi connectivity index (χ0) is 45.2. The standard InChI is InChI=1S/2C24H28FN5O3/c2*25-18-10-21-20(28-13-18)3-4-24(31)30(21)7-6-29-5-1-2-17(16-29)12-26-14-19-11-22-23(15-27-19)33-9-8-32-22/h2*3-4,10-11,13,15,17,26H,1-2,5-9,12,14,16H2. The predicted molar refractivity (Wildman–Crippen MR) is 244 cm³/mol. The third-order valence-corrected chi connectivity index (χ3v) is 12.5. The summed E-state index contributed by atoms with van der Waals surface area (Å²) in [5.41, 5.74) is 3.96. The van der Waals surface area contributed by atoms with Crippen molar-refractivity contribution in [2.75, 3.05) is 78.8 Å². The van der Waals surface area contributed by atoms with Crippen LogP contribution < -0.4 is 40.7 Å². The molecule has 0 spiro atoms. The Morgan fingerprint density at radius 3 is 1.44 bits per heavy atom. The van der Waals surface area contributed by atoms with Crippen molar-refractivity contribution >= 4 is 22.1 Å². The Labute approximate surface area is 380 Å². The van der Waals surface area contributed by atoms with Crippen LogP contribution in [0.15, 0.2) is 82.9 Å². The highest BCUT2D eigenvalue weighted by Crippen LogP contribution is 2.30. The summed E-state index contributed by atoms with van der Waals surface area (Å²) >= 11 is 0. The molecular formula is C48H56F2N10O6. The quantitative estimate of drug-likeness (QED) is 0.158. The molecule has 0 amide bonds. The number of hydrogen-bond acceptors (Lipinski definition) is 14. The molecule has 2 saturated heterocycles. The molecule has 6 aromatic rings. The number of aromatic nitrogens is 6. The molecule has 16 nitrogen and oxygen atoms in total. The largest absolute Gasteiger partial charge is 0.486 e. The van der Waals surface area contributed by atoms with E-state index >= 15 is 0 Å². The van der Waals surface area contributed by atoms with Gasteiger partial charge in [-0.3, -0.25) is 29.5 Å². The van der Waals surface area contributed by atoms with Gasteiger partial charge in [-0.1, -0.05) is 0 Å². The monoisotopic (exact) mass is 906 g/mol. The number of piperidine rings is 2. The molecule has 10 rings (SSSR count). The zero-order valence-corrected chi connectivity index (χ0v) is 37.0. The molecule has 18 heteroatoms. The summed E-state index contributed by atoms with van der Waals surface area (Å²) in [6, 6.07) is 12.9. The lowest BCUT2D eigenvalue weighted by molar-refractivity contribution is 0.166. The van der Waals surface area contributed by atoms with E-state index in [1.807, 2.05) is 12.1 Å². The van der Waals surface area contributed by atoms with Gasteiger partial charge >= 0.3 is 0 Å². The average molecular weight is 907 g/mol. The lowest BCUT2D eigenvalue weighted by Gasteiger charge is -2.33. The first-order chi connectivity index (χ1) is 32.3. The molecule has 4 aliphatic heterocycles. The first-order valence-electron chi connectivity index (χ1n) is 23.0. The highest BCUT2D eigenvalue weighted by molar-refractivity contribution is 5.74. The van der Waals surface area contributed by atoms with E-state index in [-0.39, 0.29) is 11.1 Å². The van der Waals surface area contributed by atoms with Crippen LogP contribution >= 0.6 is 0 Å². The van der Waals surface area contributed by atoms with Crippen molar-refractivity contribution < 1.29 is 27.7 Å². The molecule has 2 N–H and O–H groups in total. The summed E-state index contributed by atoms with van der Waals surface area (Å²) in [6.45, 7) is 11.9. The first-order valence-corrected chi connectivity index (χ1v) is 23.0. The Morgan fingerprint density at radius 1 is 0.545 bits per heavy atom. The van der Waals surface area contributed by atoms with Crippen molar-refractivity contribution in [1.82, 2.24) is 49.5 Å². The van der Waals surface area contributed by atoms with Crippen LogP contribution in [0.4, 0.5) is 8.78 Å². The molecule has 6 aromatic heterocycles. The summed E-state index contributed by atoms with van der Waals surface area (Å²) in [7, 11) is 0. The van der Waals surface area contributed by atoms with E-state index in [4.69, 9.17) is 18.9 Å². The predicted octanol–water partition coefficient (Wildman–Crippen LogP) is 4.41. The number of pyridine rings is 6. The van der Waals surface area contributed by atoms with Gasteiger partial charge in [0.05, 0.1) is 58.2 Å². The normalized spacial score (nSPS) is 18.5. The number of ether oxygens (including phenoxy) is 4. The van der Waals surface area contributed by atoms with Crippen LogP contribution in [0.5, 0.6) is 23.0 Å². The molecule has 4 aliphatic rings. The molecule has 2 atom stereocenters. The van der Waals surface area contributed by atoms with E-state index in [0.29, 0.717) is 98.0 Å². The Bertz CT molecular complexity index is 2550. The highest BCUT2D eigenvalue weighted by atomic mass is 19.1. The van der Waals surface area contributed by atoms with E-state index in [1.165, 1.54) is 49.5 Å². The maximum absolute atomic E-state index is 13.7. The Morgan fingerprint density at radius 2 is 0.985 bits per heavy atom. The topological polar surface area (TPSA) is 163 Å². The van der Waals surface area contributed by atoms with Crippen LogP contribution in [0.3, 0.4) is 0 Å². The van der Waals surface area contributed by atoms with Gasteiger partial charge in [0.25, 0.3) is 11.1 Å². The fraction of sp³-hybridized carbons (Fsp3) is 0.458. The minimum absolute atomic E-state index is 0.128. The van der Waals surface area contributed by atoms with E-state index in [1.54, 1.807) is 33.7 Å². The van der Waals surface area contributed by atoms with Crippen molar-refractivity contribution in [2.24, 2.45) is 11.8 Å². The number of nitrogens with one attached hydrogen (secondary N) is 2. The van der Waals surface area contributed by atoms with Gasteiger partial charge in [0.2, 0.25) is 0 Å². The lowest BCUT2D eigenvalue weighted by atomic mass is 9.98. The van der Waals surface area contributed by atoms with Gasteiger partial charge < -0.3 is 48.5 Å². The van der Waals surface area contributed by atoms with E-state index in [2.05, 4.69) is 40.4 Å². The summed E-state index contributed by atoms with van der Waals surface area (Å²) in [5, 5.41) is 7.04. The van der Waals surface area contributed by atoms with Crippen LogP contribution in [0, 0.1) is 23.5 Å². The molecule has 2 fully saturated rings. The fourth-order valence-corrected chi connectivity index (χ4v) is 9.25. The molecule has 0 aromatic carbocycles. The summed E-state index contributed by atoms with van der Waals surface area (Å²) in [6.07, 6.45) is 10.4. The molecule has 0 radical (unpaired) electrons. The lowest BCUT2D eigenvalue weighted by Crippen LogP contribution is -2.41. The Balaban J connectivity index is 0.000000166. The highest BCUT2D eigenvalue weighted by Gasteiger charge is 2.22. The van der Waals surface area contributed by atoms with Gasteiger partial charge in [0, 0.05) is 88.8 Å². The van der Waals surface area contributed by atoms with Crippen molar-refractivity contribution in [3.8, 4) is 23.0 Å². The second-order valence-electron chi connectivity index (χ2n) is 17.3. The molecule has 10 heterocycles. The van der Waals surface area contributed by atoms with Crippen molar-refractivity contribution in [2.45, 2.75) is 51.9 Å². The van der Waals surface area contributed by atoms with Gasteiger partial charge in [0.1, 0.15) is 38.1 Å². The fourth-order valence-electron chi connectivity index (χ4n) is 9.25. The molecule has 348 valence electrons. The number of rotatable bonds is 14. The molecule has 0 aliphatic carbocycles. The number of hydrogen-bond donors (Lipinski definition) is 2. The Kier molecular flexibility index (Phi) is 14.7. The Hall–Kier alpha value is -6.08. The zero-order valence-electron chi connectivity index (χ0n) is 37.0. The van der Waals surface area contributed by atoms with Crippen LogP contribution in [0.1, 0.15) is 37.1 Å². The second-order valence-corrected chi connectivity index (χ2v) is 17.3. The minimum atomic E-state index is -0.432. The van der Waals surface area contributed by atoms with Gasteiger partial charge in [-0.05, 0) is 75.8 Å². The first kappa shape index (κ1) is 45.1. The van der Waals surface area contributed by atoms with Crippen LogP contribution in [0.25, 0.3) is 22.1 Å². The van der Waals surface area contributed by atoms with Crippen molar-refractivity contribution in [3.63, 3.8) is 0 Å². The van der Waals surface area contributed by atoms with E-state index < -0.39 is 11.6 Å². The average Bonchev–Trinajstić information content (AvgIpc) is 3.34. The number of likely N-dealkylation sites (tertiary alicyclic amines) is 2. The maximum atomic E-state index is 13.7. The molecule has 0 saturated carbocycles. The van der Waals surface area contributed by atoms with Crippen LogP contribution in [0.2, 0.25) is 0 Å². The number of nitrogens with zero attached hydrogens (tertiary/aromatic N) is 8. The SMILES string of the molecule is O=c1ccc2ncc(F)cc2n1CCN1CCCC(CNCc2cc3c(cn2)OCCO3)C1.O=c1ccc2ncc(F)cc2n1CCN1CCCC(CNCc2cc3c(cn2)OCCO3)C1. The van der Waals surface area contributed by atoms with Crippen molar-refractivity contribution in [1.29, 1.82) is 0 Å². The molecule has 66 heavy (non-hydrogen) atoms. The molecular weight excluding hydrogens is 851 g/mol. The number of fused-ring (bicyclic) bond motifs is 4. The summed E-state index contributed by atoms with van der Waals surface area (Å²) in [4.78, 5) is 46.7. The van der Waals surface area contributed by atoms with Crippen molar-refractivity contribution in [3.05, 3.63) is 117 Å². The third kappa shape index (κ3) is 11.5. The third-order valence-electron chi connectivity index (χ3n) is 12.5. The smallest absolute Gasteiger partial charge is 0.251 e. The number of halogens is 2. The molecule has 0 bridgehead atoms. The minimum Gasteiger partial charge on any atom is -0.486 e. The molecule has 2 unspecified atom stereocenters. The van der Waals surface area contributed by atoms with Gasteiger partial charge in [-0.2, -0.15) is 0 Å². The van der Waals surface area contributed by atoms with Gasteiger partial charge in [0.15, 0.2) is 23.0 Å². The van der Waals surface area contributed by atoms with Crippen LogP contribution in [-0.4, -0.2) is 118 Å². The summed E-state index contributed by atoms with van der Waals surface area (Å²) in [5.74, 6) is 3.12. The van der Waals surface area contributed by atoms with E-state index in [0.717, 1.165) is 88.1 Å².